The quantitative estimate of drug-likeness (QED) is 0.392. The van der Waals surface area contributed by atoms with Crippen molar-refractivity contribution in [3.63, 3.8) is 0 Å². The normalized spacial score (nSPS) is 15.8. The number of aliphatic hydroxyl groups excluding tert-OH is 1. The molecule has 0 spiro atoms. The maximum absolute atomic E-state index is 13.5. The zero-order chi connectivity index (χ0) is 25.1. The third-order valence-electron chi connectivity index (χ3n) is 6.01. The lowest BCUT2D eigenvalue weighted by Crippen LogP contribution is -2.44. The number of hydrogen-bond donors (Lipinski definition) is 2. The summed E-state index contributed by atoms with van der Waals surface area (Å²) in [7, 11) is 1.46. The molecule has 2 aromatic rings. The Labute approximate surface area is 196 Å². The Hall–Kier alpha value is -2.62. The monoisotopic (exact) mass is 481 g/mol. The third kappa shape index (κ3) is 5.89. The van der Waals surface area contributed by atoms with E-state index in [2.05, 4.69) is 0 Å². The van der Waals surface area contributed by atoms with Gasteiger partial charge in [-0.15, -0.1) is 0 Å². The summed E-state index contributed by atoms with van der Waals surface area (Å²) >= 11 is 0. The van der Waals surface area contributed by atoms with Crippen molar-refractivity contribution in [3.05, 3.63) is 53.1 Å². The molecule has 34 heavy (non-hydrogen) atoms. The van der Waals surface area contributed by atoms with E-state index in [1.807, 2.05) is 0 Å². The summed E-state index contributed by atoms with van der Waals surface area (Å²) in [6, 6.07) is 8.48. The van der Waals surface area contributed by atoms with Crippen LogP contribution < -0.4 is 4.74 Å². The predicted octanol–water partition coefficient (Wildman–Crippen LogP) is 4.15. The fourth-order valence-corrected chi connectivity index (χ4v) is 3.93. The van der Waals surface area contributed by atoms with E-state index in [-0.39, 0.29) is 19.6 Å². The van der Waals surface area contributed by atoms with Gasteiger partial charge < -0.3 is 19.7 Å². The maximum atomic E-state index is 13.5. The topological polar surface area (TPSA) is 79.2 Å². The Morgan fingerprint density at radius 2 is 1.85 bits per heavy atom. The molecule has 0 aromatic heterocycles. The predicted molar refractivity (Wildman–Crippen MR) is 120 cm³/mol. The number of esters is 1. The van der Waals surface area contributed by atoms with Crippen LogP contribution in [0.15, 0.2) is 36.4 Å². The van der Waals surface area contributed by atoms with Gasteiger partial charge in [0, 0.05) is 12.1 Å². The van der Waals surface area contributed by atoms with E-state index < -0.39 is 29.5 Å². The molecule has 2 N–H and O–H groups in total. The van der Waals surface area contributed by atoms with Crippen molar-refractivity contribution in [2.24, 2.45) is 0 Å². The van der Waals surface area contributed by atoms with Crippen LogP contribution in [0.1, 0.15) is 43.4 Å². The highest BCUT2D eigenvalue weighted by atomic mass is 19.4. The number of rotatable bonds is 10. The third-order valence-corrected chi connectivity index (χ3v) is 6.01. The van der Waals surface area contributed by atoms with Crippen LogP contribution in [-0.2, 0) is 28.7 Å². The van der Waals surface area contributed by atoms with Crippen molar-refractivity contribution in [1.82, 2.24) is 4.90 Å². The molecule has 6 nitrogen and oxygen atoms in total. The van der Waals surface area contributed by atoms with Crippen molar-refractivity contribution >= 4 is 5.97 Å². The lowest BCUT2D eigenvalue weighted by Gasteiger charge is -2.31. The lowest BCUT2D eigenvalue weighted by molar-refractivity contribution is -0.142. The van der Waals surface area contributed by atoms with Crippen LogP contribution in [0.3, 0.4) is 0 Å². The fourth-order valence-electron chi connectivity index (χ4n) is 3.93. The molecule has 9 heteroatoms. The zero-order valence-electron chi connectivity index (χ0n) is 19.5. The molecule has 0 radical (unpaired) electrons. The average Bonchev–Trinajstić information content (AvgIpc) is 3.55. The molecule has 0 aliphatic heterocycles. The molecule has 1 fully saturated rings. The fraction of sp³-hybridized carbons (Fsp3) is 0.480. The van der Waals surface area contributed by atoms with E-state index in [1.54, 1.807) is 36.9 Å². The molecule has 0 amide bonds. The second-order valence-electron chi connectivity index (χ2n) is 8.43. The van der Waals surface area contributed by atoms with E-state index in [0.717, 1.165) is 12.1 Å². The van der Waals surface area contributed by atoms with Gasteiger partial charge in [-0.2, -0.15) is 13.2 Å². The summed E-state index contributed by atoms with van der Waals surface area (Å²) in [5.74, 6) is 0.0160. The number of hydrogen-bond acceptors (Lipinski definition) is 6. The van der Waals surface area contributed by atoms with Crippen LogP contribution in [0.4, 0.5) is 13.2 Å². The Morgan fingerprint density at radius 3 is 2.41 bits per heavy atom. The minimum absolute atomic E-state index is 0.00757. The zero-order valence-corrected chi connectivity index (χ0v) is 19.5. The van der Waals surface area contributed by atoms with Crippen molar-refractivity contribution in [2.45, 2.75) is 57.7 Å². The standard InChI is InChI=1S/C25H30F3NO5/c1-4-29(23(31)24(32)10-11-24)15-17-14-18(25(26,27)28)7-8-19(17)20-12-16(6-9-21(20)33-3)13-22(30)34-5-2/h6-9,12,14,23,31-32H,4-5,10-11,13,15H2,1-3H3. The summed E-state index contributed by atoms with van der Waals surface area (Å²) in [6.45, 7) is 4.01. The molecule has 3 rings (SSSR count). The van der Waals surface area contributed by atoms with Gasteiger partial charge in [0.05, 0.1) is 25.7 Å². The summed E-state index contributed by atoms with van der Waals surface area (Å²) in [5.41, 5.74) is -0.127. The molecule has 0 bridgehead atoms. The minimum Gasteiger partial charge on any atom is -0.496 e. The largest absolute Gasteiger partial charge is 0.496 e. The Bertz CT molecular complexity index is 1020. The van der Waals surface area contributed by atoms with E-state index in [0.29, 0.717) is 47.4 Å². The highest BCUT2D eigenvalue weighted by molar-refractivity contribution is 5.77. The Kier molecular flexibility index (Phi) is 7.90. The highest BCUT2D eigenvalue weighted by Gasteiger charge is 2.49. The number of likely N-dealkylation sites (N-methyl/N-ethyl adjacent to an activating group) is 1. The molecule has 1 aliphatic carbocycles. The first-order valence-electron chi connectivity index (χ1n) is 11.2. The lowest BCUT2D eigenvalue weighted by atomic mass is 9.94. The summed E-state index contributed by atoms with van der Waals surface area (Å²) in [4.78, 5) is 13.5. The molecule has 1 aliphatic rings. The smallest absolute Gasteiger partial charge is 0.416 e. The molecule has 186 valence electrons. The number of ether oxygens (including phenoxy) is 2. The summed E-state index contributed by atoms with van der Waals surface area (Å²) in [5, 5.41) is 21.0. The molecule has 1 saturated carbocycles. The van der Waals surface area contributed by atoms with Crippen molar-refractivity contribution in [3.8, 4) is 16.9 Å². The van der Waals surface area contributed by atoms with Gasteiger partial charge in [-0.3, -0.25) is 9.69 Å². The first-order valence-corrected chi connectivity index (χ1v) is 11.2. The number of carbonyl (C=O) groups is 1. The van der Waals surface area contributed by atoms with Crippen LogP contribution >= 0.6 is 0 Å². The van der Waals surface area contributed by atoms with E-state index >= 15 is 0 Å². The van der Waals surface area contributed by atoms with Gasteiger partial charge >= 0.3 is 12.1 Å². The van der Waals surface area contributed by atoms with Crippen molar-refractivity contribution in [2.75, 3.05) is 20.3 Å². The molecule has 0 heterocycles. The van der Waals surface area contributed by atoms with Gasteiger partial charge in [0.15, 0.2) is 0 Å². The van der Waals surface area contributed by atoms with Crippen LogP contribution in [-0.4, -0.2) is 53.2 Å². The number of benzene rings is 2. The van der Waals surface area contributed by atoms with Crippen LogP contribution in [0, 0.1) is 0 Å². The summed E-state index contributed by atoms with van der Waals surface area (Å²) < 4.78 is 51.0. The maximum Gasteiger partial charge on any atom is 0.416 e. The van der Waals surface area contributed by atoms with E-state index in [4.69, 9.17) is 9.47 Å². The Balaban J connectivity index is 2.07. The van der Waals surface area contributed by atoms with Crippen LogP contribution in [0.2, 0.25) is 0 Å². The van der Waals surface area contributed by atoms with E-state index in [1.165, 1.54) is 13.2 Å². The van der Waals surface area contributed by atoms with Gasteiger partial charge in [0.1, 0.15) is 17.6 Å². The second kappa shape index (κ2) is 10.3. The number of nitrogens with zero attached hydrogens (tertiary/aromatic N) is 1. The highest BCUT2D eigenvalue weighted by Crippen LogP contribution is 2.42. The van der Waals surface area contributed by atoms with Crippen molar-refractivity contribution in [1.29, 1.82) is 0 Å². The van der Waals surface area contributed by atoms with Gasteiger partial charge in [0.25, 0.3) is 0 Å². The van der Waals surface area contributed by atoms with Gasteiger partial charge in [-0.25, -0.2) is 0 Å². The number of aliphatic hydroxyl groups is 2. The SMILES string of the molecule is CCOC(=O)Cc1ccc(OC)c(-c2ccc(C(F)(F)F)cc2CN(CC)C(O)C2(O)CC2)c1. The van der Waals surface area contributed by atoms with Crippen LogP contribution in [0.25, 0.3) is 11.1 Å². The molecule has 1 unspecified atom stereocenters. The van der Waals surface area contributed by atoms with Crippen molar-refractivity contribution < 1.29 is 37.7 Å². The number of carbonyl (C=O) groups excluding carboxylic acids is 1. The van der Waals surface area contributed by atoms with Gasteiger partial charge in [0.2, 0.25) is 0 Å². The van der Waals surface area contributed by atoms with Gasteiger partial charge in [-0.05, 0) is 67.3 Å². The second-order valence-corrected chi connectivity index (χ2v) is 8.43. The Morgan fingerprint density at radius 1 is 1.15 bits per heavy atom. The number of methoxy groups -OCH3 is 1. The molecular weight excluding hydrogens is 451 g/mol. The average molecular weight is 482 g/mol. The minimum atomic E-state index is -4.55. The van der Waals surface area contributed by atoms with E-state index in [9.17, 15) is 28.2 Å². The number of halogens is 3. The summed E-state index contributed by atoms with van der Waals surface area (Å²) in [6.07, 6.45) is -4.87. The molecular formula is C25H30F3NO5. The van der Waals surface area contributed by atoms with Gasteiger partial charge in [-0.1, -0.05) is 19.1 Å². The van der Waals surface area contributed by atoms with Crippen LogP contribution in [0.5, 0.6) is 5.75 Å². The first kappa shape index (κ1) is 26.0. The molecule has 2 aromatic carbocycles. The molecule has 1 atom stereocenters. The number of alkyl halides is 3. The molecule has 0 saturated heterocycles. The first-order chi connectivity index (χ1) is 16.0.